The van der Waals surface area contributed by atoms with Crippen LogP contribution in [0.25, 0.3) is 11.3 Å². The first-order valence-corrected chi connectivity index (χ1v) is 10.9. The lowest BCUT2D eigenvalue weighted by Crippen LogP contribution is -2.34. The summed E-state index contributed by atoms with van der Waals surface area (Å²) in [6.45, 7) is 0.911. The molecule has 1 aliphatic heterocycles. The number of anilines is 1. The van der Waals surface area contributed by atoms with E-state index in [1.54, 1.807) is 11.8 Å². The summed E-state index contributed by atoms with van der Waals surface area (Å²) < 4.78 is 57.7. The van der Waals surface area contributed by atoms with Gasteiger partial charge in [-0.25, -0.2) is 9.07 Å². The average molecular weight is 495 g/mol. The van der Waals surface area contributed by atoms with E-state index in [-0.39, 0.29) is 34.6 Å². The number of carbonyl (C=O) groups is 2. The van der Waals surface area contributed by atoms with Crippen molar-refractivity contribution in [3.8, 4) is 28.8 Å². The standard InChI is InChI=1S/C23H25F4N5O3/c1-2-5-18(33)31-10-3-6-15(7-4-11-31)32-21(28)19(22(29)34)20(30-32)14-8-9-16(24)17(12-14)35-13-23(25,26)27/h8-9,12,15H,3-4,6-7,10-11,13,28H2,1H3,(H2,29,34). The van der Waals surface area contributed by atoms with Crippen molar-refractivity contribution in [3.63, 3.8) is 0 Å². The number of halogens is 4. The Bertz CT molecular complexity index is 1160. The molecule has 0 bridgehead atoms. The third-order valence-corrected chi connectivity index (χ3v) is 5.59. The number of rotatable bonds is 5. The van der Waals surface area contributed by atoms with Crippen LogP contribution >= 0.6 is 0 Å². The maximum absolute atomic E-state index is 14.0. The summed E-state index contributed by atoms with van der Waals surface area (Å²) >= 11 is 0. The Labute approximate surface area is 199 Å². The molecular formula is C23H25F4N5O3. The first-order chi connectivity index (χ1) is 16.5. The molecule has 12 heteroatoms. The number of ether oxygens (including phenoxy) is 1. The number of nitrogens with zero attached hydrogens (tertiary/aromatic N) is 3. The molecular weight excluding hydrogens is 470 g/mol. The third-order valence-electron chi connectivity index (χ3n) is 5.59. The SMILES string of the molecule is CC#CC(=O)N1CCCC(n2nc(-c3ccc(F)c(OCC(F)(F)F)c3)c(C(N)=O)c2N)CCC1. The minimum absolute atomic E-state index is 0.00457. The topological polar surface area (TPSA) is 116 Å². The molecule has 1 aromatic carbocycles. The number of amides is 2. The second kappa shape index (κ2) is 10.7. The van der Waals surface area contributed by atoms with Crippen molar-refractivity contribution in [1.29, 1.82) is 0 Å². The van der Waals surface area contributed by atoms with Crippen LogP contribution in [0.4, 0.5) is 23.4 Å². The molecule has 2 heterocycles. The maximum atomic E-state index is 14.0. The van der Waals surface area contributed by atoms with Gasteiger partial charge < -0.3 is 21.1 Å². The van der Waals surface area contributed by atoms with Crippen LogP contribution in [0.1, 0.15) is 49.0 Å². The molecule has 0 aliphatic carbocycles. The van der Waals surface area contributed by atoms with Gasteiger partial charge in [0, 0.05) is 18.7 Å². The van der Waals surface area contributed by atoms with Crippen LogP contribution in [0.5, 0.6) is 5.75 Å². The summed E-state index contributed by atoms with van der Waals surface area (Å²) in [7, 11) is 0. The van der Waals surface area contributed by atoms with Gasteiger partial charge in [-0.1, -0.05) is 5.92 Å². The Kier molecular flexibility index (Phi) is 7.89. The molecule has 0 radical (unpaired) electrons. The Balaban J connectivity index is 1.90. The molecule has 1 aliphatic rings. The lowest BCUT2D eigenvalue weighted by molar-refractivity contribution is -0.153. The highest BCUT2D eigenvalue weighted by molar-refractivity contribution is 6.03. The molecule has 1 fully saturated rings. The van der Waals surface area contributed by atoms with E-state index >= 15 is 0 Å². The number of hydrogen-bond acceptors (Lipinski definition) is 5. The number of aromatic nitrogens is 2. The lowest BCUT2D eigenvalue weighted by Gasteiger charge is -2.27. The minimum Gasteiger partial charge on any atom is -0.481 e. The van der Waals surface area contributed by atoms with E-state index in [0.29, 0.717) is 38.8 Å². The molecule has 0 atom stereocenters. The van der Waals surface area contributed by atoms with E-state index in [9.17, 15) is 27.2 Å². The van der Waals surface area contributed by atoms with Crippen molar-refractivity contribution >= 4 is 17.6 Å². The highest BCUT2D eigenvalue weighted by Gasteiger charge is 2.30. The van der Waals surface area contributed by atoms with Crippen molar-refractivity contribution in [2.45, 2.75) is 44.8 Å². The van der Waals surface area contributed by atoms with E-state index in [1.807, 2.05) is 0 Å². The fourth-order valence-electron chi connectivity index (χ4n) is 4.02. The second-order valence-corrected chi connectivity index (χ2v) is 8.07. The van der Waals surface area contributed by atoms with E-state index < -0.39 is 30.3 Å². The Morgan fingerprint density at radius 1 is 1.23 bits per heavy atom. The van der Waals surface area contributed by atoms with Gasteiger partial charge in [0.05, 0.1) is 6.04 Å². The van der Waals surface area contributed by atoms with Crippen LogP contribution in [-0.4, -0.2) is 52.4 Å². The third kappa shape index (κ3) is 6.23. The molecule has 0 unspecified atom stereocenters. The van der Waals surface area contributed by atoms with Gasteiger partial charge in [-0.05, 0) is 56.7 Å². The highest BCUT2D eigenvalue weighted by atomic mass is 19.4. The fourth-order valence-corrected chi connectivity index (χ4v) is 4.02. The van der Waals surface area contributed by atoms with Gasteiger partial charge in [-0.15, -0.1) is 0 Å². The van der Waals surface area contributed by atoms with Crippen molar-refractivity contribution in [1.82, 2.24) is 14.7 Å². The summed E-state index contributed by atoms with van der Waals surface area (Å²) in [5, 5.41) is 4.45. The van der Waals surface area contributed by atoms with Crippen molar-refractivity contribution in [2.24, 2.45) is 5.73 Å². The fraction of sp³-hybridized carbons (Fsp3) is 0.435. The predicted molar refractivity (Wildman–Crippen MR) is 120 cm³/mol. The van der Waals surface area contributed by atoms with Crippen molar-refractivity contribution in [3.05, 3.63) is 29.6 Å². The molecule has 0 spiro atoms. The number of hydrogen-bond donors (Lipinski definition) is 2. The monoisotopic (exact) mass is 495 g/mol. The van der Waals surface area contributed by atoms with Crippen LogP contribution in [0.2, 0.25) is 0 Å². The Hall–Kier alpha value is -3.75. The Morgan fingerprint density at radius 2 is 1.89 bits per heavy atom. The molecule has 35 heavy (non-hydrogen) atoms. The van der Waals surface area contributed by atoms with Crippen LogP contribution < -0.4 is 16.2 Å². The Morgan fingerprint density at radius 3 is 2.46 bits per heavy atom. The second-order valence-electron chi connectivity index (χ2n) is 8.07. The predicted octanol–water partition coefficient (Wildman–Crippen LogP) is 3.28. The van der Waals surface area contributed by atoms with Gasteiger partial charge in [0.15, 0.2) is 18.2 Å². The van der Waals surface area contributed by atoms with Crippen LogP contribution in [-0.2, 0) is 4.79 Å². The number of benzene rings is 1. The molecule has 1 saturated heterocycles. The van der Waals surface area contributed by atoms with Crippen LogP contribution in [0, 0.1) is 17.7 Å². The van der Waals surface area contributed by atoms with Crippen molar-refractivity contribution in [2.75, 3.05) is 25.4 Å². The summed E-state index contributed by atoms with van der Waals surface area (Å²) in [5.74, 6) is 2.37. The molecule has 3 rings (SSSR count). The maximum Gasteiger partial charge on any atom is 0.422 e. The molecule has 1 aromatic heterocycles. The summed E-state index contributed by atoms with van der Waals surface area (Å²) in [4.78, 5) is 25.9. The van der Waals surface area contributed by atoms with Crippen LogP contribution in [0.3, 0.4) is 0 Å². The number of primary amides is 1. The number of likely N-dealkylation sites (tertiary alicyclic amines) is 1. The summed E-state index contributed by atoms with van der Waals surface area (Å²) in [5.41, 5.74) is 11.8. The average Bonchev–Trinajstić information content (AvgIpc) is 3.10. The smallest absolute Gasteiger partial charge is 0.422 e. The zero-order valence-electron chi connectivity index (χ0n) is 19.0. The first kappa shape index (κ1) is 25.9. The van der Waals surface area contributed by atoms with E-state index in [0.717, 1.165) is 12.1 Å². The van der Waals surface area contributed by atoms with Crippen molar-refractivity contribution < 1.29 is 31.9 Å². The minimum atomic E-state index is -4.66. The zero-order valence-corrected chi connectivity index (χ0v) is 19.0. The number of carbonyl (C=O) groups excluding carboxylic acids is 2. The van der Waals surface area contributed by atoms with Gasteiger partial charge in [0.1, 0.15) is 17.1 Å². The number of alkyl halides is 3. The molecule has 8 nitrogen and oxygen atoms in total. The summed E-state index contributed by atoms with van der Waals surface area (Å²) in [6.07, 6.45) is -2.20. The normalized spacial score (nSPS) is 15.1. The largest absolute Gasteiger partial charge is 0.481 e. The van der Waals surface area contributed by atoms with E-state index in [4.69, 9.17) is 11.5 Å². The van der Waals surface area contributed by atoms with Gasteiger partial charge >= 0.3 is 6.18 Å². The molecule has 2 aromatic rings. The van der Waals surface area contributed by atoms with Gasteiger partial charge in [-0.2, -0.15) is 18.3 Å². The molecule has 0 saturated carbocycles. The lowest BCUT2D eigenvalue weighted by atomic mass is 10.0. The quantitative estimate of drug-likeness (QED) is 0.488. The van der Waals surface area contributed by atoms with Gasteiger partial charge in [0.25, 0.3) is 11.8 Å². The van der Waals surface area contributed by atoms with Gasteiger partial charge in [-0.3, -0.25) is 9.59 Å². The molecule has 188 valence electrons. The molecule has 4 N–H and O–H groups in total. The highest BCUT2D eigenvalue weighted by Crippen LogP contribution is 2.35. The number of nitrogen functional groups attached to an aromatic ring is 1. The first-order valence-electron chi connectivity index (χ1n) is 10.9. The van der Waals surface area contributed by atoms with Crippen LogP contribution in [0.15, 0.2) is 18.2 Å². The molecule has 2 amide bonds. The zero-order chi connectivity index (χ0) is 25.8. The summed E-state index contributed by atoms with van der Waals surface area (Å²) in [6, 6.07) is 2.99. The number of nitrogens with two attached hydrogens (primary N) is 2. The van der Waals surface area contributed by atoms with E-state index in [1.165, 1.54) is 10.7 Å². The van der Waals surface area contributed by atoms with E-state index in [2.05, 4.69) is 21.7 Å². The van der Waals surface area contributed by atoms with Gasteiger partial charge in [0.2, 0.25) is 0 Å².